The summed E-state index contributed by atoms with van der Waals surface area (Å²) in [5.41, 5.74) is 19.6. The Balaban J connectivity index is 0.000000100. The summed E-state index contributed by atoms with van der Waals surface area (Å²) in [6.07, 6.45) is 0. The van der Waals surface area contributed by atoms with E-state index in [4.69, 9.17) is 8.83 Å². The van der Waals surface area contributed by atoms with Gasteiger partial charge in [0, 0.05) is 108 Å². The van der Waals surface area contributed by atoms with Crippen molar-refractivity contribution in [1.29, 1.82) is 0 Å². The van der Waals surface area contributed by atoms with E-state index in [1.54, 1.807) is 0 Å². The molecule has 3 atom stereocenters. The molecule has 0 aliphatic carbocycles. The highest BCUT2D eigenvalue weighted by Crippen LogP contribution is 2.59. The standard InChI is InChI=1S/C38H24NOP.2C36H22NO2P/c40-41(30-12-2-1-3-13-30)36-17-9-7-14-31(36)32-20-21-35-37(38(32)41)33-15-6-8-16-34(33)39(35)29-19-18-27-22-25-10-4-5-11-26(25)23-28(27)24-29;38-40(23-11-2-1-3-12-23)33-20-9-6-13-24(33)25-21-22-30-35(36(25)40)26-14-4-7-16-28(26)37(30)29-17-10-19-32-34(29)27-15-5-8-18-31(27)39-32;38-40(24-10-2-1-3-11-24)34-17-9-6-13-26(34)27-19-20-31-35(36(27)40)28-14-4-7-15-30(28)37(31)23-18-21-33-29(22-23)25-12-5-8-16-32(25)39-33/h1-24H;2*1-22H. The van der Waals surface area contributed by atoms with Crippen molar-refractivity contribution >= 4 is 200 Å². The van der Waals surface area contributed by atoms with Gasteiger partial charge < -0.3 is 36.2 Å². The first kappa shape index (κ1) is 69.5. The van der Waals surface area contributed by atoms with Gasteiger partial charge in [-0.05, 0) is 158 Å². The van der Waals surface area contributed by atoms with E-state index in [2.05, 4.69) is 256 Å². The van der Waals surface area contributed by atoms with Crippen LogP contribution < -0.4 is 47.7 Å². The van der Waals surface area contributed by atoms with E-state index in [1.165, 1.54) is 21.5 Å². The number of rotatable bonds is 6. The predicted octanol–water partition coefficient (Wildman–Crippen LogP) is 25.3. The van der Waals surface area contributed by atoms with Gasteiger partial charge in [-0.25, -0.2) is 0 Å². The van der Waals surface area contributed by atoms with Crippen LogP contribution in [0.4, 0.5) is 0 Å². The Morgan fingerprint density at radius 1 is 0.198 bits per heavy atom. The minimum atomic E-state index is -3.14. The van der Waals surface area contributed by atoms with Crippen molar-refractivity contribution in [3.05, 3.63) is 413 Å². The van der Waals surface area contributed by atoms with Crippen LogP contribution in [0.3, 0.4) is 0 Å². The van der Waals surface area contributed by atoms with E-state index in [9.17, 15) is 0 Å². The summed E-state index contributed by atoms with van der Waals surface area (Å²) in [5, 5.41) is 24.0. The Hall–Kier alpha value is -14.6. The second-order valence-electron chi connectivity index (χ2n) is 31.8. The lowest BCUT2D eigenvalue weighted by Gasteiger charge is -2.17. The molecule has 27 rings (SSSR count). The highest BCUT2D eigenvalue weighted by molar-refractivity contribution is 7.88. The number of hydrogen-bond acceptors (Lipinski definition) is 5. The Labute approximate surface area is 694 Å². The molecule has 8 nitrogen and oxygen atoms in total. The average molecular weight is 1600 g/mol. The summed E-state index contributed by atoms with van der Waals surface area (Å²) in [5.74, 6) is 0. The first-order chi connectivity index (χ1) is 59.7. The molecule has 0 fully saturated rings. The third-order valence-electron chi connectivity index (χ3n) is 25.5. The highest BCUT2D eigenvalue weighted by Gasteiger charge is 2.46. The van der Waals surface area contributed by atoms with Gasteiger partial charge in [-0.15, -0.1) is 0 Å². The van der Waals surface area contributed by atoms with Crippen molar-refractivity contribution in [3.8, 4) is 50.4 Å². The molecule has 0 bridgehead atoms. The fourth-order valence-electron chi connectivity index (χ4n) is 20.4. The van der Waals surface area contributed by atoms with Crippen LogP contribution in [0.25, 0.3) is 181 Å². The van der Waals surface area contributed by atoms with Crippen LogP contribution >= 0.6 is 21.4 Å². The average Bonchev–Trinajstić information content (AvgIpc) is 1.53. The zero-order valence-electron chi connectivity index (χ0n) is 65.0. The zero-order chi connectivity index (χ0) is 80.0. The van der Waals surface area contributed by atoms with Crippen LogP contribution in [-0.4, -0.2) is 13.7 Å². The van der Waals surface area contributed by atoms with E-state index >= 15 is 13.7 Å². The third kappa shape index (κ3) is 9.90. The van der Waals surface area contributed by atoms with Crippen LogP contribution in [0, 0.1) is 0 Å². The van der Waals surface area contributed by atoms with Gasteiger partial charge in [-0.1, -0.05) is 309 Å². The van der Waals surface area contributed by atoms with Crippen molar-refractivity contribution in [2.45, 2.75) is 0 Å². The molecule has 5 aromatic heterocycles. The number of benzene rings is 19. The molecule has 121 heavy (non-hydrogen) atoms. The van der Waals surface area contributed by atoms with Gasteiger partial charge in [0.2, 0.25) is 0 Å². The van der Waals surface area contributed by atoms with E-state index in [1.807, 2.05) is 170 Å². The second-order valence-corrected chi connectivity index (χ2v) is 39.8. The molecule has 8 heterocycles. The summed E-state index contributed by atoms with van der Waals surface area (Å²) in [6, 6.07) is 142. The summed E-state index contributed by atoms with van der Waals surface area (Å²) in [4.78, 5) is 0. The summed E-state index contributed by atoms with van der Waals surface area (Å²) < 4.78 is 66.0. The molecule has 11 heteroatoms. The molecule has 0 radical (unpaired) electrons. The lowest BCUT2D eigenvalue weighted by Crippen LogP contribution is -2.21. The number of para-hydroxylation sites is 5. The normalized spacial score (nSPS) is 16.1. The molecule has 3 unspecified atom stereocenters. The Morgan fingerprint density at radius 3 is 1.04 bits per heavy atom. The van der Waals surface area contributed by atoms with Crippen molar-refractivity contribution < 1.29 is 22.5 Å². The minimum Gasteiger partial charge on any atom is -0.456 e. The SMILES string of the molecule is O=P1(c2ccccc2)c2ccccc2-c2ccc3c(c21)c1ccccc1n3-c1ccc2cc3ccccc3cc2c1.O=P1(c2ccccc2)c2ccccc2-c2ccc3c(c21)c1ccccc1n3-c1ccc2oc3ccccc3c2c1.O=P1(c2ccccc2)c2ccccc2-c2ccc3c(c21)c1ccccc1n3-c1cccc2oc3ccccc3c12. The maximum atomic E-state index is 15.6. The Kier molecular flexibility index (Phi) is 15.2. The quantitative estimate of drug-likeness (QED) is 0.122. The van der Waals surface area contributed by atoms with Crippen LogP contribution in [0.2, 0.25) is 0 Å². The number of furan rings is 2. The molecule has 0 amide bonds. The maximum Gasteiger partial charge on any atom is 0.172 e. The van der Waals surface area contributed by atoms with E-state index in [-0.39, 0.29) is 0 Å². The lowest BCUT2D eigenvalue weighted by atomic mass is 10.0. The molecule has 0 spiro atoms. The molecule has 3 aliphatic rings. The van der Waals surface area contributed by atoms with Gasteiger partial charge >= 0.3 is 0 Å². The van der Waals surface area contributed by atoms with Crippen molar-refractivity contribution in [2.75, 3.05) is 0 Å². The molecule has 3 aliphatic heterocycles. The number of fused-ring (bicyclic) bond motifs is 29. The largest absolute Gasteiger partial charge is 0.456 e. The Bertz CT molecular complexity index is 8730. The molecular formula is C110H68N3O5P3. The number of aromatic nitrogens is 3. The first-order valence-corrected chi connectivity index (χ1v) is 46.0. The van der Waals surface area contributed by atoms with Crippen LogP contribution in [0.1, 0.15) is 0 Å². The Morgan fingerprint density at radius 2 is 0.545 bits per heavy atom. The van der Waals surface area contributed by atoms with Crippen LogP contribution in [0.5, 0.6) is 0 Å². The minimum absolute atomic E-state index is 0.855. The van der Waals surface area contributed by atoms with E-state index in [0.29, 0.717) is 0 Å². The number of nitrogens with zero attached hydrogens (tertiary/aromatic N) is 3. The van der Waals surface area contributed by atoms with E-state index < -0.39 is 21.4 Å². The molecule has 568 valence electrons. The molecule has 19 aromatic carbocycles. The third-order valence-corrected chi connectivity index (χ3v) is 35.1. The molecular weight excluding hydrogens is 1540 g/mol. The van der Waals surface area contributed by atoms with Crippen LogP contribution in [0.15, 0.2) is 421 Å². The monoisotopic (exact) mass is 1600 g/mol. The molecule has 24 aromatic rings. The summed E-state index contributed by atoms with van der Waals surface area (Å²) >= 11 is 0. The van der Waals surface area contributed by atoms with Gasteiger partial charge in [0.1, 0.15) is 22.3 Å². The fraction of sp³-hybridized carbons (Fsp3) is 0. The van der Waals surface area contributed by atoms with Gasteiger partial charge in [0.05, 0.1) is 44.2 Å². The summed E-state index contributed by atoms with van der Waals surface area (Å²) in [7, 11) is -9.37. The fourth-order valence-corrected chi connectivity index (χ4v) is 30.3. The molecule has 0 N–H and O–H groups in total. The van der Waals surface area contributed by atoms with E-state index in [0.717, 1.165) is 207 Å². The van der Waals surface area contributed by atoms with Gasteiger partial charge in [-0.3, -0.25) is 0 Å². The first-order valence-electron chi connectivity index (χ1n) is 40.9. The summed E-state index contributed by atoms with van der Waals surface area (Å²) in [6.45, 7) is 0. The maximum absolute atomic E-state index is 15.6. The van der Waals surface area contributed by atoms with Gasteiger partial charge in [0.15, 0.2) is 21.4 Å². The van der Waals surface area contributed by atoms with Gasteiger partial charge in [-0.2, -0.15) is 0 Å². The van der Waals surface area contributed by atoms with Gasteiger partial charge in [0.25, 0.3) is 0 Å². The zero-order valence-corrected chi connectivity index (χ0v) is 67.7. The predicted molar refractivity (Wildman–Crippen MR) is 507 cm³/mol. The molecule has 0 saturated heterocycles. The molecule has 0 saturated carbocycles. The number of hydrogen-bond donors (Lipinski definition) is 0. The second kappa shape index (κ2) is 26.4. The van der Waals surface area contributed by atoms with Crippen molar-refractivity contribution in [2.24, 2.45) is 0 Å². The van der Waals surface area contributed by atoms with Crippen LogP contribution in [-0.2, 0) is 13.7 Å². The van der Waals surface area contributed by atoms with Crippen molar-refractivity contribution in [3.63, 3.8) is 0 Å². The van der Waals surface area contributed by atoms with Crippen molar-refractivity contribution in [1.82, 2.24) is 13.7 Å². The smallest absolute Gasteiger partial charge is 0.172 e. The highest BCUT2D eigenvalue weighted by atomic mass is 31.2. The topological polar surface area (TPSA) is 92.3 Å². The lowest BCUT2D eigenvalue weighted by molar-refractivity contribution is 0.592.